The number of nitrogens with two attached hydrogens (primary N) is 1. The van der Waals surface area contributed by atoms with Gasteiger partial charge in [0, 0.05) is 34.4 Å². The van der Waals surface area contributed by atoms with Crippen molar-refractivity contribution in [1.29, 1.82) is 0 Å². The first kappa shape index (κ1) is 14.7. The molecule has 1 unspecified atom stereocenters. The molecule has 5 nitrogen and oxygen atoms in total. The zero-order valence-electron chi connectivity index (χ0n) is 10.7. The number of hydrogen-bond donors (Lipinski definition) is 3. The molecule has 1 aromatic carbocycles. The lowest BCUT2D eigenvalue weighted by Gasteiger charge is -2.08. The van der Waals surface area contributed by atoms with Crippen LogP contribution in [0.15, 0.2) is 18.2 Å². The Morgan fingerprint density at radius 3 is 2.72 bits per heavy atom. The van der Waals surface area contributed by atoms with E-state index in [1.165, 1.54) is 0 Å². The smallest absolute Gasteiger partial charge is 0.251 e. The third-order valence-corrected chi connectivity index (χ3v) is 3.88. The van der Waals surface area contributed by atoms with E-state index in [9.17, 15) is 9.00 Å². The number of nitrogen functional groups attached to an aromatic ring is 1. The molecule has 1 amide bonds. The maximum atomic E-state index is 11.8. The summed E-state index contributed by atoms with van der Waals surface area (Å²) in [6.45, 7) is 4.16. The first-order chi connectivity index (χ1) is 8.58. The van der Waals surface area contributed by atoms with Crippen LogP contribution in [0.5, 0.6) is 0 Å². The number of nitrogens with one attached hydrogen (secondary N) is 2. The molecule has 100 valence electrons. The van der Waals surface area contributed by atoms with Crippen molar-refractivity contribution in [3.05, 3.63) is 29.3 Å². The average molecular weight is 269 g/mol. The average Bonchev–Trinajstić information content (AvgIpc) is 2.38. The number of anilines is 1. The number of rotatable bonds is 6. The molecule has 0 aromatic heterocycles. The summed E-state index contributed by atoms with van der Waals surface area (Å²) >= 11 is 0. The molecule has 0 saturated heterocycles. The quantitative estimate of drug-likeness (QED) is 0.526. The molecule has 0 aliphatic rings. The largest absolute Gasteiger partial charge is 0.351 e. The van der Waals surface area contributed by atoms with Gasteiger partial charge in [0.1, 0.15) is 0 Å². The van der Waals surface area contributed by atoms with Crippen LogP contribution in [-0.4, -0.2) is 28.2 Å². The van der Waals surface area contributed by atoms with Gasteiger partial charge >= 0.3 is 0 Å². The van der Waals surface area contributed by atoms with E-state index in [4.69, 9.17) is 5.84 Å². The first-order valence-corrected chi connectivity index (χ1v) is 7.27. The van der Waals surface area contributed by atoms with E-state index in [-0.39, 0.29) is 5.91 Å². The van der Waals surface area contributed by atoms with Gasteiger partial charge in [-0.05, 0) is 30.7 Å². The molecule has 0 aliphatic heterocycles. The van der Waals surface area contributed by atoms with E-state index in [1.807, 2.05) is 13.8 Å². The molecule has 0 fully saturated rings. The minimum atomic E-state index is -0.851. The lowest BCUT2D eigenvalue weighted by molar-refractivity contribution is 0.0956. The Labute approximate surface area is 110 Å². The number of benzene rings is 1. The van der Waals surface area contributed by atoms with Gasteiger partial charge in [-0.25, -0.2) is 0 Å². The normalized spacial score (nSPS) is 11.9. The van der Waals surface area contributed by atoms with E-state index in [2.05, 4.69) is 10.7 Å². The van der Waals surface area contributed by atoms with Gasteiger partial charge in [-0.1, -0.05) is 6.92 Å². The summed E-state index contributed by atoms with van der Waals surface area (Å²) in [6.07, 6.45) is 0. The fourth-order valence-electron chi connectivity index (χ4n) is 1.49. The van der Waals surface area contributed by atoms with E-state index in [0.29, 0.717) is 23.6 Å². The highest BCUT2D eigenvalue weighted by Crippen LogP contribution is 2.14. The third kappa shape index (κ3) is 4.12. The Kier molecular flexibility index (Phi) is 5.80. The summed E-state index contributed by atoms with van der Waals surface area (Å²) in [6, 6.07) is 5.23. The van der Waals surface area contributed by atoms with Crippen LogP contribution in [0.2, 0.25) is 0 Å². The van der Waals surface area contributed by atoms with Gasteiger partial charge < -0.3 is 10.7 Å². The summed E-state index contributed by atoms with van der Waals surface area (Å²) in [5.74, 6) is 6.27. The summed E-state index contributed by atoms with van der Waals surface area (Å²) in [4.78, 5) is 11.8. The molecule has 0 bridgehead atoms. The van der Waals surface area contributed by atoms with E-state index < -0.39 is 10.8 Å². The van der Waals surface area contributed by atoms with Crippen LogP contribution < -0.4 is 16.6 Å². The standard InChI is InChI=1S/C12H19N3O2S/c1-3-18(17)7-6-14-12(16)10-4-5-11(15-13)9(2)8-10/h4-5,8,15H,3,6-7,13H2,1-2H3,(H,14,16). The SMILES string of the molecule is CCS(=O)CCNC(=O)c1ccc(NN)c(C)c1. The third-order valence-electron chi connectivity index (χ3n) is 2.58. The second-order valence-electron chi connectivity index (χ2n) is 3.86. The summed E-state index contributed by atoms with van der Waals surface area (Å²) in [5.41, 5.74) is 4.83. The van der Waals surface area contributed by atoms with Gasteiger partial charge in [0.15, 0.2) is 0 Å². The van der Waals surface area contributed by atoms with Crippen LogP contribution >= 0.6 is 0 Å². The molecular formula is C12H19N3O2S. The number of carbonyl (C=O) groups excluding carboxylic acids is 1. The molecular weight excluding hydrogens is 250 g/mol. The van der Waals surface area contributed by atoms with Crippen LogP contribution in [-0.2, 0) is 10.8 Å². The predicted octanol–water partition coefficient (Wildman–Crippen LogP) is 0.779. The number of carbonyl (C=O) groups is 1. The topological polar surface area (TPSA) is 84.2 Å². The lowest BCUT2D eigenvalue weighted by Crippen LogP contribution is -2.28. The minimum Gasteiger partial charge on any atom is -0.351 e. The van der Waals surface area contributed by atoms with Gasteiger partial charge in [-0.15, -0.1) is 0 Å². The molecule has 0 heterocycles. The van der Waals surface area contributed by atoms with E-state index in [1.54, 1.807) is 18.2 Å². The van der Waals surface area contributed by atoms with Crippen molar-refractivity contribution in [2.24, 2.45) is 5.84 Å². The van der Waals surface area contributed by atoms with Crippen molar-refractivity contribution >= 4 is 22.4 Å². The van der Waals surface area contributed by atoms with Crippen molar-refractivity contribution in [1.82, 2.24) is 5.32 Å². The van der Waals surface area contributed by atoms with Crippen LogP contribution in [0.25, 0.3) is 0 Å². The summed E-state index contributed by atoms with van der Waals surface area (Å²) in [7, 11) is -0.851. The van der Waals surface area contributed by atoms with Gasteiger partial charge in [0.05, 0.1) is 5.69 Å². The van der Waals surface area contributed by atoms with Crippen molar-refractivity contribution in [3.8, 4) is 0 Å². The second-order valence-corrected chi connectivity index (χ2v) is 5.73. The molecule has 0 aliphatic carbocycles. The fraction of sp³-hybridized carbons (Fsp3) is 0.417. The molecule has 4 N–H and O–H groups in total. The number of hydrogen-bond acceptors (Lipinski definition) is 4. The maximum absolute atomic E-state index is 11.8. The van der Waals surface area contributed by atoms with Crippen LogP contribution in [0.3, 0.4) is 0 Å². The predicted molar refractivity (Wildman–Crippen MR) is 74.9 cm³/mol. The number of hydrazine groups is 1. The Morgan fingerprint density at radius 2 is 2.17 bits per heavy atom. The van der Waals surface area contributed by atoms with Crippen LogP contribution in [0.4, 0.5) is 5.69 Å². The highest BCUT2D eigenvalue weighted by molar-refractivity contribution is 7.84. The molecule has 1 rings (SSSR count). The summed E-state index contributed by atoms with van der Waals surface area (Å²) < 4.78 is 11.2. The van der Waals surface area contributed by atoms with Gasteiger partial charge in [-0.3, -0.25) is 14.8 Å². The molecule has 0 saturated carbocycles. The monoisotopic (exact) mass is 269 g/mol. The minimum absolute atomic E-state index is 0.158. The Bertz CT molecular complexity index is 449. The molecule has 0 radical (unpaired) electrons. The molecule has 1 aromatic rings. The van der Waals surface area contributed by atoms with Crippen molar-refractivity contribution in [2.75, 3.05) is 23.5 Å². The van der Waals surface area contributed by atoms with Gasteiger partial charge in [-0.2, -0.15) is 0 Å². The molecule has 1 atom stereocenters. The number of amides is 1. The second kappa shape index (κ2) is 7.13. The highest BCUT2D eigenvalue weighted by atomic mass is 32.2. The van der Waals surface area contributed by atoms with Crippen molar-refractivity contribution in [2.45, 2.75) is 13.8 Å². The molecule has 6 heteroatoms. The molecule has 0 spiro atoms. The van der Waals surface area contributed by atoms with Gasteiger partial charge in [0.25, 0.3) is 5.91 Å². The Hall–Kier alpha value is -1.40. The Morgan fingerprint density at radius 1 is 1.44 bits per heavy atom. The number of aryl methyl sites for hydroxylation is 1. The fourth-order valence-corrected chi connectivity index (χ4v) is 2.11. The van der Waals surface area contributed by atoms with E-state index in [0.717, 1.165) is 11.3 Å². The van der Waals surface area contributed by atoms with Crippen LogP contribution in [0.1, 0.15) is 22.8 Å². The van der Waals surface area contributed by atoms with E-state index >= 15 is 0 Å². The zero-order chi connectivity index (χ0) is 13.5. The van der Waals surface area contributed by atoms with Gasteiger partial charge in [0.2, 0.25) is 0 Å². The lowest BCUT2D eigenvalue weighted by atomic mass is 10.1. The van der Waals surface area contributed by atoms with Crippen LogP contribution in [0, 0.1) is 6.92 Å². The molecule has 18 heavy (non-hydrogen) atoms. The van der Waals surface area contributed by atoms with Crippen molar-refractivity contribution in [3.63, 3.8) is 0 Å². The zero-order valence-corrected chi connectivity index (χ0v) is 11.5. The maximum Gasteiger partial charge on any atom is 0.251 e. The first-order valence-electron chi connectivity index (χ1n) is 5.79. The highest BCUT2D eigenvalue weighted by Gasteiger charge is 2.07. The summed E-state index contributed by atoms with van der Waals surface area (Å²) in [5, 5.41) is 2.75. The van der Waals surface area contributed by atoms with Crippen molar-refractivity contribution < 1.29 is 9.00 Å². The Balaban J connectivity index is 2.56.